The molecule has 1 saturated carbocycles. The molecule has 1 aliphatic carbocycles. The summed E-state index contributed by atoms with van der Waals surface area (Å²) < 4.78 is 6.14. The highest BCUT2D eigenvalue weighted by Gasteiger charge is 2.33. The molecule has 0 heterocycles. The highest BCUT2D eigenvalue weighted by molar-refractivity contribution is 5.74. The van der Waals surface area contributed by atoms with Gasteiger partial charge in [-0.1, -0.05) is 97.8 Å². The van der Waals surface area contributed by atoms with Crippen molar-refractivity contribution in [2.75, 3.05) is 0 Å². The van der Waals surface area contributed by atoms with E-state index in [-0.39, 0.29) is 23.9 Å². The largest absolute Gasteiger partial charge is 0.481 e. The predicted octanol–water partition coefficient (Wildman–Crippen LogP) is 8.71. The zero-order valence-electron chi connectivity index (χ0n) is 22.1. The van der Waals surface area contributed by atoms with E-state index in [1.807, 2.05) is 0 Å². The summed E-state index contributed by atoms with van der Waals surface area (Å²) in [7, 11) is 0. The van der Waals surface area contributed by atoms with Gasteiger partial charge in [0.15, 0.2) is 0 Å². The van der Waals surface area contributed by atoms with Gasteiger partial charge in [0.2, 0.25) is 0 Å². The fraction of sp³-hybridized carbons (Fsp3) is 0.931. The van der Waals surface area contributed by atoms with Crippen molar-refractivity contribution < 1.29 is 19.4 Å². The van der Waals surface area contributed by atoms with Gasteiger partial charge in [-0.05, 0) is 57.3 Å². The molecule has 2 atom stereocenters. The van der Waals surface area contributed by atoms with E-state index in [0.29, 0.717) is 31.6 Å². The first-order valence-electron chi connectivity index (χ1n) is 14.5. The molecule has 2 unspecified atom stereocenters. The van der Waals surface area contributed by atoms with Crippen molar-refractivity contribution in [2.45, 2.75) is 155 Å². The number of esters is 1. The summed E-state index contributed by atoms with van der Waals surface area (Å²) in [5.74, 6) is -0.728. The van der Waals surface area contributed by atoms with Crippen molar-refractivity contribution in [1.82, 2.24) is 0 Å². The molecule has 0 saturated heterocycles. The van der Waals surface area contributed by atoms with Crippen molar-refractivity contribution in [1.29, 1.82) is 0 Å². The summed E-state index contributed by atoms with van der Waals surface area (Å²) in [5.41, 5.74) is 0. The molecule has 33 heavy (non-hydrogen) atoms. The molecule has 0 amide bonds. The first kappa shape index (κ1) is 30.0. The number of carboxylic acid groups (broad SMARTS) is 1. The fourth-order valence-corrected chi connectivity index (χ4v) is 5.34. The fourth-order valence-electron chi connectivity index (χ4n) is 5.34. The number of carbonyl (C=O) groups is 2. The summed E-state index contributed by atoms with van der Waals surface area (Å²) in [6.07, 6.45) is 22.7. The lowest BCUT2D eigenvalue weighted by Crippen LogP contribution is -2.32. The van der Waals surface area contributed by atoms with Gasteiger partial charge in [0.1, 0.15) is 6.10 Å². The van der Waals surface area contributed by atoms with Gasteiger partial charge in [0, 0.05) is 0 Å². The molecule has 1 rings (SSSR count). The quantitative estimate of drug-likeness (QED) is 0.144. The van der Waals surface area contributed by atoms with E-state index in [1.54, 1.807) is 0 Å². The normalized spacial score (nSPS) is 20.3. The number of ether oxygens (including phenoxy) is 1. The standard InChI is InChI=1S/C29H54O4/c1-4-7-9-10-11-12-13-14-15-16-17-19-27(24(6-3)18-8-5-2)33-29(32)26-22-20-25(21-23-26)28(30)31/h24-27H,4-23H2,1-3H3,(H,30,31). The maximum absolute atomic E-state index is 12.9. The first-order chi connectivity index (χ1) is 16.0. The summed E-state index contributed by atoms with van der Waals surface area (Å²) in [5, 5.41) is 9.21. The van der Waals surface area contributed by atoms with Crippen LogP contribution < -0.4 is 0 Å². The second-order valence-corrected chi connectivity index (χ2v) is 10.5. The van der Waals surface area contributed by atoms with Gasteiger partial charge >= 0.3 is 11.9 Å². The van der Waals surface area contributed by atoms with Gasteiger partial charge in [-0.25, -0.2) is 0 Å². The minimum atomic E-state index is -0.721. The molecule has 1 aliphatic rings. The van der Waals surface area contributed by atoms with Crippen molar-refractivity contribution in [3.8, 4) is 0 Å². The Balaban J connectivity index is 2.37. The van der Waals surface area contributed by atoms with Crippen LogP contribution in [0.25, 0.3) is 0 Å². The Labute approximate surface area is 204 Å². The first-order valence-corrected chi connectivity index (χ1v) is 14.5. The molecule has 194 valence electrons. The van der Waals surface area contributed by atoms with Crippen LogP contribution in [0, 0.1) is 17.8 Å². The molecule has 4 heteroatoms. The average Bonchev–Trinajstić information content (AvgIpc) is 2.82. The van der Waals surface area contributed by atoms with Crippen molar-refractivity contribution >= 4 is 11.9 Å². The monoisotopic (exact) mass is 466 g/mol. The molecule has 0 aliphatic heterocycles. The zero-order valence-corrected chi connectivity index (χ0v) is 22.1. The summed E-state index contributed by atoms with van der Waals surface area (Å²) in [6.45, 7) is 6.71. The number of carbonyl (C=O) groups excluding carboxylic acids is 1. The van der Waals surface area contributed by atoms with Crippen LogP contribution in [0.15, 0.2) is 0 Å². The molecule has 1 N–H and O–H groups in total. The topological polar surface area (TPSA) is 63.6 Å². The molecule has 0 radical (unpaired) electrons. The van der Waals surface area contributed by atoms with Crippen LogP contribution in [0.5, 0.6) is 0 Å². The van der Waals surface area contributed by atoms with Crippen LogP contribution in [0.1, 0.15) is 149 Å². The predicted molar refractivity (Wildman–Crippen MR) is 137 cm³/mol. The van der Waals surface area contributed by atoms with Gasteiger partial charge in [0.05, 0.1) is 11.8 Å². The van der Waals surface area contributed by atoms with Crippen LogP contribution in [0.3, 0.4) is 0 Å². The van der Waals surface area contributed by atoms with E-state index in [4.69, 9.17) is 4.74 Å². The second kappa shape index (κ2) is 19.3. The van der Waals surface area contributed by atoms with Crippen molar-refractivity contribution in [3.05, 3.63) is 0 Å². The van der Waals surface area contributed by atoms with Gasteiger partial charge in [0.25, 0.3) is 0 Å². The SMILES string of the molecule is CCCCCCCCCCCCCC(OC(=O)C1CCC(C(=O)O)CC1)C(CC)CCCC. The van der Waals surface area contributed by atoms with E-state index in [9.17, 15) is 14.7 Å². The number of rotatable bonds is 20. The minimum absolute atomic E-state index is 0.0322. The third-order valence-corrected chi connectivity index (χ3v) is 7.75. The Bertz CT molecular complexity index is 496. The number of hydrogen-bond acceptors (Lipinski definition) is 3. The summed E-state index contributed by atoms with van der Waals surface area (Å²) >= 11 is 0. The maximum Gasteiger partial charge on any atom is 0.309 e. The van der Waals surface area contributed by atoms with E-state index in [1.165, 1.54) is 77.0 Å². The van der Waals surface area contributed by atoms with Gasteiger partial charge in [-0.3, -0.25) is 9.59 Å². The lowest BCUT2D eigenvalue weighted by molar-refractivity contribution is -0.160. The van der Waals surface area contributed by atoms with Crippen molar-refractivity contribution in [2.24, 2.45) is 17.8 Å². The second-order valence-electron chi connectivity index (χ2n) is 10.5. The number of carboxylic acids is 1. The third-order valence-electron chi connectivity index (χ3n) is 7.75. The molecular formula is C29H54O4. The highest BCUT2D eigenvalue weighted by atomic mass is 16.5. The van der Waals surface area contributed by atoms with Crippen LogP contribution in [0.2, 0.25) is 0 Å². The molecule has 0 aromatic heterocycles. The van der Waals surface area contributed by atoms with Gasteiger partial charge in [-0.2, -0.15) is 0 Å². The Morgan fingerprint density at radius 1 is 0.697 bits per heavy atom. The molecule has 0 aromatic carbocycles. The van der Waals surface area contributed by atoms with E-state index in [2.05, 4.69) is 20.8 Å². The molecule has 0 bridgehead atoms. The molecule has 4 nitrogen and oxygen atoms in total. The summed E-state index contributed by atoms with van der Waals surface area (Å²) in [6, 6.07) is 0. The number of aliphatic carboxylic acids is 1. The molecule has 0 aromatic rings. The van der Waals surface area contributed by atoms with Crippen LogP contribution in [-0.2, 0) is 14.3 Å². The Hall–Kier alpha value is -1.06. The van der Waals surface area contributed by atoms with Gasteiger partial charge < -0.3 is 9.84 Å². The lowest BCUT2D eigenvalue weighted by atomic mass is 9.82. The lowest BCUT2D eigenvalue weighted by Gasteiger charge is -2.30. The van der Waals surface area contributed by atoms with Crippen molar-refractivity contribution in [3.63, 3.8) is 0 Å². The minimum Gasteiger partial charge on any atom is -0.481 e. The van der Waals surface area contributed by atoms with Crippen LogP contribution >= 0.6 is 0 Å². The number of unbranched alkanes of at least 4 members (excludes halogenated alkanes) is 11. The van der Waals surface area contributed by atoms with E-state index >= 15 is 0 Å². The maximum atomic E-state index is 12.9. The smallest absolute Gasteiger partial charge is 0.309 e. The Morgan fingerprint density at radius 3 is 1.67 bits per heavy atom. The van der Waals surface area contributed by atoms with E-state index in [0.717, 1.165) is 25.7 Å². The number of hydrogen-bond donors (Lipinski definition) is 1. The Morgan fingerprint density at radius 2 is 1.18 bits per heavy atom. The highest BCUT2D eigenvalue weighted by Crippen LogP contribution is 2.32. The van der Waals surface area contributed by atoms with E-state index < -0.39 is 5.97 Å². The third kappa shape index (κ3) is 13.4. The summed E-state index contributed by atoms with van der Waals surface area (Å²) in [4.78, 5) is 24.1. The zero-order chi connectivity index (χ0) is 24.3. The van der Waals surface area contributed by atoms with Crippen LogP contribution in [0.4, 0.5) is 0 Å². The molecule has 1 fully saturated rings. The van der Waals surface area contributed by atoms with Gasteiger partial charge in [-0.15, -0.1) is 0 Å². The molecular weight excluding hydrogens is 412 g/mol. The van der Waals surface area contributed by atoms with Crippen LogP contribution in [-0.4, -0.2) is 23.1 Å². The average molecular weight is 467 g/mol. The molecule has 0 spiro atoms. The Kier molecular flexibility index (Phi) is 17.5.